The number of ether oxygens (including phenoxy) is 4. The second-order valence-electron chi connectivity index (χ2n) is 6.07. The van der Waals surface area contributed by atoms with Crippen LogP contribution in [0, 0.1) is 11.8 Å². The van der Waals surface area contributed by atoms with Gasteiger partial charge in [-0.1, -0.05) is 19.1 Å². The van der Waals surface area contributed by atoms with E-state index in [1.165, 1.54) is 0 Å². The highest BCUT2D eigenvalue weighted by Gasteiger charge is 2.21. The van der Waals surface area contributed by atoms with E-state index in [0.717, 1.165) is 18.4 Å². The van der Waals surface area contributed by atoms with Gasteiger partial charge in [0.25, 0.3) is 0 Å². The summed E-state index contributed by atoms with van der Waals surface area (Å²) in [5.74, 6) is 2.28. The van der Waals surface area contributed by atoms with E-state index in [9.17, 15) is 4.79 Å². The Kier molecular flexibility index (Phi) is 6.53. The molecule has 0 fully saturated rings. The minimum absolute atomic E-state index is 0.174. The van der Waals surface area contributed by atoms with Crippen LogP contribution in [-0.2, 0) is 16.0 Å². The maximum Gasteiger partial charge on any atom is 0.310 e. The van der Waals surface area contributed by atoms with Crippen LogP contribution >= 0.6 is 0 Å². The summed E-state index contributed by atoms with van der Waals surface area (Å²) in [6.07, 6.45) is 6.55. The Morgan fingerprint density at radius 1 is 1.04 bits per heavy atom. The Labute approximate surface area is 143 Å². The van der Waals surface area contributed by atoms with Gasteiger partial charge in [-0.25, -0.2) is 0 Å². The average molecular weight is 334 g/mol. The van der Waals surface area contributed by atoms with Crippen molar-refractivity contribution in [2.24, 2.45) is 11.8 Å². The van der Waals surface area contributed by atoms with E-state index in [-0.39, 0.29) is 12.4 Å². The number of methoxy groups -OCH3 is 3. The molecule has 1 aromatic rings. The SMILES string of the molecule is COc1cc(CC(=O)OCC2CC=CCC2C)cc(OC)c1OC. The molecule has 24 heavy (non-hydrogen) atoms. The lowest BCUT2D eigenvalue weighted by Crippen LogP contribution is -2.22. The first-order valence-corrected chi connectivity index (χ1v) is 8.18. The van der Waals surface area contributed by atoms with Gasteiger partial charge in [0.2, 0.25) is 5.75 Å². The van der Waals surface area contributed by atoms with Gasteiger partial charge >= 0.3 is 5.97 Å². The average Bonchev–Trinajstić information content (AvgIpc) is 2.60. The summed E-state index contributed by atoms with van der Waals surface area (Å²) in [6, 6.07) is 3.54. The van der Waals surface area contributed by atoms with Crippen molar-refractivity contribution in [1.29, 1.82) is 0 Å². The van der Waals surface area contributed by atoms with Crippen molar-refractivity contribution in [3.8, 4) is 17.2 Å². The zero-order valence-electron chi connectivity index (χ0n) is 14.8. The van der Waals surface area contributed by atoms with E-state index >= 15 is 0 Å². The molecule has 0 spiro atoms. The minimum atomic E-state index is -0.244. The number of benzene rings is 1. The molecule has 2 unspecified atom stereocenters. The normalized spacial score (nSPS) is 19.7. The van der Waals surface area contributed by atoms with Crippen LogP contribution in [-0.4, -0.2) is 33.9 Å². The van der Waals surface area contributed by atoms with Crippen LogP contribution in [0.4, 0.5) is 0 Å². The van der Waals surface area contributed by atoms with Crippen molar-refractivity contribution in [2.45, 2.75) is 26.2 Å². The molecule has 0 aromatic heterocycles. The van der Waals surface area contributed by atoms with Gasteiger partial charge in [0.15, 0.2) is 11.5 Å². The summed E-state index contributed by atoms with van der Waals surface area (Å²) in [5.41, 5.74) is 0.770. The first-order valence-electron chi connectivity index (χ1n) is 8.18. The number of allylic oxidation sites excluding steroid dienone is 2. The number of carbonyl (C=O) groups excluding carboxylic acids is 1. The second-order valence-corrected chi connectivity index (χ2v) is 6.07. The number of rotatable bonds is 7. The standard InChI is InChI=1S/C19H26O5/c1-13-7-5-6-8-15(13)12-24-18(20)11-14-9-16(21-2)19(23-4)17(10-14)22-3/h5-6,9-10,13,15H,7-8,11-12H2,1-4H3. The van der Waals surface area contributed by atoms with Crippen molar-refractivity contribution in [3.05, 3.63) is 29.8 Å². The largest absolute Gasteiger partial charge is 0.493 e. The van der Waals surface area contributed by atoms with Crippen LogP contribution in [0.25, 0.3) is 0 Å². The van der Waals surface area contributed by atoms with Gasteiger partial charge in [-0.05, 0) is 42.4 Å². The van der Waals surface area contributed by atoms with Gasteiger partial charge in [-0.3, -0.25) is 4.79 Å². The van der Waals surface area contributed by atoms with Gasteiger partial charge < -0.3 is 18.9 Å². The lowest BCUT2D eigenvalue weighted by Gasteiger charge is -2.24. The number of hydrogen-bond acceptors (Lipinski definition) is 5. The summed E-state index contributed by atoms with van der Waals surface area (Å²) < 4.78 is 21.4. The third-order valence-corrected chi connectivity index (χ3v) is 4.45. The third-order valence-electron chi connectivity index (χ3n) is 4.45. The van der Waals surface area contributed by atoms with Crippen molar-refractivity contribution in [3.63, 3.8) is 0 Å². The Bertz CT molecular complexity index is 568. The Hall–Kier alpha value is -2.17. The highest BCUT2D eigenvalue weighted by Crippen LogP contribution is 2.38. The Morgan fingerprint density at radius 2 is 1.67 bits per heavy atom. The Balaban J connectivity index is 1.99. The monoisotopic (exact) mass is 334 g/mol. The van der Waals surface area contributed by atoms with Gasteiger partial charge in [0.1, 0.15) is 0 Å². The topological polar surface area (TPSA) is 54.0 Å². The molecule has 0 heterocycles. The van der Waals surface area contributed by atoms with Gasteiger partial charge in [-0.2, -0.15) is 0 Å². The Morgan fingerprint density at radius 3 is 2.21 bits per heavy atom. The molecule has 132 valence electrons. The van der Waals surface area contributed by atoms with E-state index in [0.29, 0.717) is 35.7 Å². The van der Waals surface area contributed by atoms with Crippen LogP contribution in [0.1, 0.15) is 25.3 Å². The van der Waals surface area contributed by atoms with Gasteiger partial charge in [-0.15, -0.1) is 0 Å². The first-order chi connectivity index (χ1) is 11.6. The molecule has 0 amide bonds. The van der Waals surface area contributed by atoms with Crippen molar-refractivity contribution in [2.75, 3.05) is 27.9 Å². The summed E-state index contributed by atoms with van der Waals surface area (Å²) in [7, 11) is 4.66. The van der Waals surface area contributed by atoms with E-state index in [2.05, 4.69) is 19.1 Å². The molecule has 1 aliphatic carbocycles. The van der Waals surface area contributed by atoms with Crippen molar-refractivity contribution in [1.82, 2.24) is 0 Å². The van der Waals surface area contributed by atoms with Crippen molar-refractivity contribution < 1.29 is 23.7 Å². The van der Waals surface area contributed by atoms with Gasteiger partial charge in [0.05, 0.1) is 34.4 Å². The molecule has 1 aromatic carbocycles. The van der Waals surface area contributed by atoms with E-state index < -0.39 is 0 Å². The molecular formula is C19H26O5. The predicted octanol–water partition coefficient (Wildman–Crippen LogP) is 3.40. The molecule has 2 rings (SSSR count). The molecule has 0 radical (unpaired) electrons. The van der Waals surface area contributed by atoms with Crippen LogP contribution in [0.3, 0.4) is 0 Å². The molecular weight excluding hydrogens is 308 g/mol. The zero-order chi connectivity index (χ0) is 17.5. The fourth-order valence-corrected chi connectivity index (χ4v) is 2.89. The fraction of sp³-hybridized carbons (Fsp3) is 0.526. The highest BCUT2D eigenvalue weighted by atomic mass is 16.5. The summed E-state index contributed by atoms with van der Waals surface area (Å²) in [6.45, 7) is 2.66. The van der Waals surface area contributed by atoms with Crippen LogP contribution in [0.5, 0.6) is 17.2 Å². The first kappa shape index (κ1) is 18.2. The number of hydrogen-bond donors (Lipinski definition) is 0. The molecule has 0 aliphatic heterocycles. The smallest absolute Gasteiger partial charge is 0.310 e. The lowest BCUT2D eigenvalue weighted by molar-refractivity contribution is -0.144. The molecule has 2 atom stereocenters. The summed E-state index contributed by atoms with van der Waals surface area (Å²) >= 11 is 0. The van der Waals surface area contributed by atoms with Crippen LogP contribution in [0.15, 0.2) is 24.3 Å². The zero-order valence-corrected chi connectivity index (χ0v) is 14.8. The van der Waals surface area contributed by atoms with E-state index in [4.69, 9.17) is 18.9 Å². The van der Waals surface area contributed by atoms with Crippen LogP contribution < -0.4 is 14.2 Å². The molecule has 5 nitrogen and oxygen atoms in total. The molecule has 0 saturated carbocycles. The van der Waals surface area contributed by atoms with Gasteiger partial charge in [0, 0.05) is 0 Å². The molecule has 5 heteroatoms. The fourth-order valence-electron chi connectivity index (χ4n) is 2.89. The number of carbonyl (C=O) groups is 1. The highest BCUT2D eigenvalue weighted by molar-refractivity contribution is 5.73. The molecule has 0 N–H and O–H groups in total. The molecule has 0 saturated heterocycles. The summed E-state index contributed by atoms with van der Waals surface area (Å²) in [4.78, 5) is 12.2. The van der Waals surface area contributed by atoms with E-state index in [1.807, 2.05) is 0 Å². The number of esters is 1. The van der Waals surface area contributed by atoms with E-state index in [1.54, 1.807) is 33.5 Å². The lowest BCUT2D eigenvalue weighted by atomic mass is 9.85. The second kappa shape index (κ2) is 8.62. The predicted molar refractivity (Wildman–Crippen MR) is 91.8 cm³/mol. The van der Waals surface area contributed by atoms with Crippen molar-refractivity contribution >= 4 is 5.97 Å². The molecule has 0 bridgehead atoms. The minimum Gasteiger partial charge on any atom is -0.493 e. The molecule has 1 aliphatic rings. The summed E-state index contributed by atoms with van der Waals surface area (Å²) in [5, 5.41) is 0. The third kappa shape index (κ3) is 4.43. The maximum atomic E-state index is 12.2. The maximum absolute atomic E-state index is 12.2. The van der Waals surface area contributed by atoms with Crippen LogP contribution in [0.2, 0.25) is 0 Å². The quantitative estimate of drug-likeness (QED) is 0.565.